The number of nitrogens with one attached hydrogen (secondary N) is 3. The molecular weight excluding hydrogens is 446 g/mol. The van der Waals surface area contributed by atoms with Crippen molar-refractivity contribution in [3.8, 4) is 6.07 Å². The fraction of sp³-hybridized carbons (Fsp3) is 0.458. The number of fused-ring (bicyclic) bond motifs is 1. The molecule has 0 bridgehead atoms. The van der Waals surface area contributed by atoms with E-state index >= 15 is 0 Å². The Labute approximate surface area is 202 Å². The first kappa shape index (κ1) is 22.9. The van der Waals surface area contributed by atoms with Gasteiger partial charge in [-0.15, -0.1) is 0 Å². The minimum Gasteiger partial charge on any atom is -0.373 e. The van der Waals surface area contributed by atoms with Crippen LogP contribution < -0.4 is 21.5 Å². The van der Waals surface area contributed by atoms with Crippen LogP contribution in [-0.2, 0) is 0 Å². The quantitative estimate of drug-likeness (QED) is 0.451. The van der Waals surface area contributed by atoms with Crippen LogP contribution in [0.4, 0.5) is 17.3 Å². The lowest BCUT2D eigenvalue weighted by molar-refractivity contribution is 0.0952. The lowest BCUT2D eigenvalue weighted by atomic mass is 10.0. The van der Waals surface area contributed by atoms with Crippen molar-refractivity contribution in [2.75, 3.05) is 37.3 Å². The van der Waals surface area contributed by atoms with E-state index < -0.39 is 0 Å². The molecule has 11 nitrogen and oxygen atoms in total. The molecule has 0 spiro atoms. The zero-order valence-electron chi connectivity index (χ0n) is 19.7. The number of amides is 1. The van der Waals surface area contributed by atoms with Gasteiger partial charge in [0.05, 0.1) is 12.3 Å². The third-order valence-corrected chi connectivity index (χ3v) is 6.61. The van der Waals surface area contributed by atoms with E-state index in [9.17, 15) is 9.59 Å². The van der Waals surface area contributed by atoms with Crippen LogP contribution in [0.25, 0.3) is 5.65 Å². The summed E-state index contributed by atoms with van der Waals surface area (Å²) in [6.45, 7) is 2.51. The van der Waals surface area contributed by atoms with Crippen LogP contribution in [0.15, 0.2) is 35.4 Å². The molecule has 0 unspecified atom stereocenters. The van der Waals surface area contributed by atoms with Gasteiger partial charge in [0.25, 0.3) is 11.5 Å². The number of nitriles is 1. The molecule has 0 atom stereocenters. The summed E-state index contributed by atoms with van der Waals surface area (Å²) in [6.07, 6.45) is 7.57. The summed E-state index contributed by atoms with van der Waals surface area (Å²) in [4.78, 5) is 32.9. The minimum absolute atomic E-state index is 0.110. The zero-order chi connectivity index (χ0) is 24.4. The predicted octanol–water partition coefficient (Wildman–Crippen LogP) is 2.12. The van der Waals surface area contributed by atoms with E-state index in [4.69, 9.17) is 5.26 Å². The van der Waals surface area contributed by atoms with Crippen molar-refractivity contribution in [3.63, 3.8) is 0 Å². The Morgan fingerprint density at radius 1 is 1.26 bits per heavy atom. The minimum atomic E-state index is -0.197. The van der Waals surface area contributed by atoms with E-state index in [1.165, 1.54) is 6.20 Å². The second-order valence-corrected chi connectivity index (χ2v) is 9.06. The molecule has 1 saturated carbocycles. The fourth-order valence-electron chi connectivity index (χ4n) is 4.52. The summed E-state index contributed by atoms with van der Waals surface area (Å²) in [7, 11) is 1.77. The molecule has 2 aliphatic rings. The van der Waals surface area contributed by atoms with Gasteiger partial charge in [-0.25, -0.2) is 4.98 Å². The van der Waals surface area contributed by atoms with E-state index in [0.717, 1.165) is 45.3 Å². The van der Waals surface area contributed by atoms with Crippen molar-refractivity contribution in [1.82, 2.24) is 29.4 Å². The van der Waals surface area contributed by atoms with Crippen LogP contribution in [0.3, 0.4) is 0 Å². The normalized spacial score (nSPS) is 16.7. The topological polar surface area (TPSA) is 132 Å². The summed E-state index contributed by atoms with van der Waals surface area (Å²) in [5.74, 6) is 0.894. The van der Waals surface area contributed by atoms with Gasteiger partial charge in [0.15, 0.2) is 5.65 Å². The smallest absolute Gasteiger partial charge is 0.274 e. The van der Waals surface area contributed by atoms with Gasteiger partial charge < -0.3 is 25.4 Å². The molecule has 3 aromatic rings. The number of piperidine rings is 1. The maximum absolute atomic E-state index is 13.3. The van der Waals surface area contributed by atoms with Gasteiger partial charge in [-0.1, -0.05) is 0 Å². The maximum Gasteiger partial charge on any atom is 0.274 e. The molecule has 35 heavy (non-hydrogen) atoms. The molecule has 1 aliphatic carbocycles. The van der Waals surface area contributed by atoms with Crippen LogP contribution in [-0.4, -0.2) is 62.7 Å². The Bertz CT molecular complexity index is 1330. The van der Waals surface area contributed by atoms with Crippen molar-refractivity contribution in [3.05, 3.63) is 46.5 Å². The molecule has 182 valence electrons. The van der Waals surface area contributed by atoms with Gasteiger partial charge in [0, 0.05) is 57.4 Å². The van der Waals surface area contributed by atoms with E-state index in [1.807, 2.05) is 12.3 Å². The third-order valence-electron chi connectivity index (χ3n) is 6.61. The summed E-state index contributed by atoms with van der Waals surface area (Å²) in [5, 5.41) is 22.3. The average Bonchev–Trinajstić information content (AvgIpc) is 3.58. The molecule has 3 N–H and O–H groups in total. The standard InChI is InChI=1S/C24H29N9O2/c1-26-21-14-20(30-22-18(15-27-33(21)22)23(34)28-16-5-6-16)29-19-4-2-11-32(24(19)35)17-7-12-31(13-8-17)10-3-9-25/h2,4,11,14-17,26H,3,5-8,10,12-13H2,1H3,(H,28,34)(H,29,30). The predicted molar refractivity (Wildman–Crippen MR) is 132 cm³/mol. The SMILES string of the molecule is CNc1cc(Nc2cccn(C3CCN(CCC#N)CC3)c2=O)nc2c(C(=O)NC3CC3)cnn12. The molecule has 1 amide bonds. The number of anilines is 3. The Hall–Kier alpha value is -3.91. The number of likely N-dealkylation sites (tertiary alicyclic amines) is 1. The monoisotopic (exact) mass is 475 g/mol. The van der Waals surface area contributed by atoms with Gasteiger partial charge in [-0.05, 0) is 37.8 Å². The molecule has 2 fully saturated rings. The largest absolute Gasteiger partial charge is 0.373 e. The van der Waals surface area contributed by atoms with Crippen LogP contribution in [0.5, 0.6) is 0 Å². The van der Waals surface area contributed by atoms with Crippen LogP contribution in [0.1, 0.15) is 48.5 Å². The molecule has 0 radical (unpaired) electrons. The molecule has 3 aromatic heterocycles. The van der Waals surface area contributed by atoms with Gasteiger partial charge in [-0.3, -0.25) is 9.59 Å². The van der Waals surface area contributed by atoms with Gasteiger partial charge in [0.1, 0.15) is 22.9 Å². The Morgan fingerprint density at radius 2 is 2.06 bits per heavy atom. The van der Waals surface area contributed by atoms with Crippen LogP contribution >= 0.6 is 0 Å². The number of nitrogens with zero attached hydrogens (tertiary/aromatic N) is 6. The molecular formula is C24H29N9O2. The average molecular weight is 476 g/mol. The number of carbonyl (C=O) groups is 1. The number of carbonyl (C=O) groups excluding carboxylic acids is 1. The van der Waals surface area contributed by atoms with Gasteiger partial charge in [0.2, 0.25) is 0 Å². The summed E-state index contributed by atoms with van der Waals surface area (Å²) in [6, 6.07) is 7.88. The second kappa shape index (κ2) is 9.76. The first-order chi connectivity index (χ1) is 17.1. The lowest BCUT2D eigenvalue weighted by Gasteiger charge is -2.32. The molecule has 1 aliphatic heterocycles. The molecule has 1 saturated heterocycles. The number of pyridine rings is 1. The van der Waals surface area contributed by atoms with Crippen LogP contribution in [0, 0.1) is 11.3 Å². The highest BCUT2D eigenvalue weighted by Gasteiger charge is 2.26. The van der Waals surface area contributed by atoms with Gasteiger partial charge >= 0.3 is 0 Å². The molecule has 4 heterocycles. The highest BCUT2D eigenvalue weighted by Crippen LogP contribution is 2.24. The molecule has 0 aromatic carbocycles. The third kappa shape index (κ3) is 4.83. The van der Waals surface area contributed by atoms with Gasteiger partial charge in [-0.2, -0.15) is 14.9 Å². The highest BCUT2D eigenvalue weighted by molar-refractivity contribution is 6.00. The summed E-state index contributed by atoms with van der Waals surface area (Å²) < 4.78 is 3.37. The molecule has 5 rings (SSSR count). The number of aromatic nitrogens is 4. The van der Waals surface area contributed by atoms with Crippen molar-refractivity contribution in [2.45, 2.75) is 44.2 Å². The summed E-state index contributed by atoms with van der Waals surface area (Å²) >= 11 is 0. The van der Waals surface area contributed by atoms with E-state index in [1.54, 1.807) is 28.3 Å². The maximum atomic E-state index is 13.3. The first-order valence-corrected chi connectivity index (χ1v) is 12.0. The fourth-order valence-corrected chi connectivity index (χ4v) is 4.52. The van der Waals surface area contributed by atoms with Crippen molar-refractivity contribution in [2.24, 2.45) is 0 Å². The number of rotatable bonds is 8. The Morgan fingerprint density at radius 3 is 2.77 bits per heavy atom. The zero-order valence-corrected chi connectivity index (χ0v) is 19.7. The number of hydrogen-bond acceptors (Lipinski definition) is 8. The lowest BCUT2D eigenvalue weighted by Crippen LogP contribution is -2.38. The second-order valence-electron chi connectivity index (χ2n) is 9.06. The Kier molecular flexibility index (Phi) is 6.37. The number of hydrogen-bond donors (Lipinski definition) is 3. The van der Waals surface area contributed by atoms with Crippen LogP contribution in [0.2, 0.25) is 0 Å². The van der Waals surface area contributed by atoms with E-state index in [0.29, 0.717) is 35.0 Å². The Balaban J connectivity index is 1.38. The first-order valence-electron chi connectivity index (χ1n) is 12.0. The van der Waals surface area contributed by atoms with Crippen molar-refractivity contribution in [1.29, 1.82) is 5.26 Å². The summed E-state index contributed by atoms with van der Waals surface area (Å²) in [5.41, 5.74) is 1.11. The van der Waals surface area contributed by atoms with E-state index in [-0.39, 0.29) is 23.6 Å². The van der Waals surface area contributed by atoms with E-state index in [2.05, 4.69) is 37.0 Å². The highest BCUT2D eigenvalue weighted by atomic mass is 16.2. The molecule has 11 heteroatoms. The van der Waals surface area contributed by atoms with Crippen molar-refractivity contribution >= 4 is 28.9 Å². The van der Waals surface area contributed by atoms with Crippen molar-refractivity contribution < 1.29 is 4.79 Å².